The summed E-state index contributed by atoms with van der Waals surface area (Å²) < 4.78 is 18.4. The van der Waals surface area contributed by atoms with E-state index in [0.717, 1.165) is 5.56 Å². The Hall–Kier alpha value is -3.13. The SMILES string of the molecule is O=C(COc1ccc(F)cc1)N1CCC2(CC1)NC(=O)N(Cc1cccc(Cl)c1)C2=O. The van der Waals surface area contributed by atoms with Crippen molar-refractivity contribution in [3.63, 3.8) is 0 Å². The summed E-state index contributed by atoms with van der Waals surface area (Å²) in [4.78, 5) is 40.8. The highest BCUT2D eigenvalue weighted by Gasteiger charge is 2.52. The number of ether oxygens (including phenoxy) is 1. The minimum Gasteiger partial charge on any atom is -0.484 e. The number of rotatable bonds is 5. The Morgan fingerprint density at radius 1 is 1.13 bits per heavy atom. The van der Waals surface area contributed by atoms with Crippen LogP contribution in [0.1, 0.15) is 18.4 Å². The second-order valence-corrected chi connectivity index (χ2v) is 8.09. The molecule has 31 heavy (non-hydrogen) atoms. The number of urea groups is 1. The molecule has 7 nitrogen and oxygen atoms in total. The molecule has 1 N–H and O–H groups in total. The average molecular weight is 446 g/mol. The Morgan fingerprint density at radius 3 is 2.52 bits per heavy atom. The number of piperidine rings is 1. The van der Waals surface area contributed by atoms with E-state index < -0.39 is 11.6 Å². The average Bonchev–Trinajstić information content (AvgIpc) is 2.98. The van der Waals surface area contributed by atoms with E-state index in [1.807, 2.05) is 0 Å². The summed E-state index contributed by atoms with van der Waals surface area (Å²) in [5.41, 5.74) is -0.233. The quantitative estimate of drug-likeness (QED) is 0.718. The zero-order chi connectivity index (χ0) is 22.0. The first kappa shape index (κ1) is 21.1. The summed E-state index contributed by atoms with van der Waals surface area (Å²) in [7, 11) is 0. The molecule has 2 fully saturated rings. The Kier molecular flexibility index (Phi) is 5.82. The van der Waals surface area contributed by atoms with Gasteiger partial charge in [-0.25, -0.2) is 9.18 Å². The highest BCUT2D eigenvalue weighted by molar-refractivity contribution is 6.30. The van der Waals surface area contributed by atoms with Crippen LogP contribution in [0.3, 0.4) is 0 Å². The second-order valence-electron chi connectivity index (χ2n) is 7.66. The number of nitrogens with one attached hydrogen (secondary N) is 1. The van der Waals surface area contributed by atoms with E-state index in [1.54, 1.807) is 29.2 Å². The molecule has 2 saturated heterocycles. The van der Waals surface area contributed by atoms with Gasteiger partial charge in [0.25, 0.3) is 11.8 Å². The number of halogens is 2. The molecular weight excluding hydrogens is 425 g/mol. The number of carbonyl (C=O) groups is 3. The number of likely N-dealkylation sites (tertiary alicyclic amines) is 1. The molecule has 1 spiro atoms. The molecule has 162 valence electrons. The van der Waals surface area contributed by atoms with Crippen LogP contribution in [-0.2, 0) is 16.1 Å². The van der Waals surface area contributed by atoms with E-state index in [4.69, 9.17) is 16.3 Å². The molecule has 0 aliphatic carbocycles. The van der Waals surface area contributed by atoms with Crippen LogP contribution >= 0.6 is 11.6 Å². The van der Waals surface area contributed by atoms with Crippen LogP contribution in [0.5, 0.6) is 5.75 Å². The predicted molar refractivity (Wildman–Crippen MR) is 111 cm³/mol. The number of imide groups is 1. The lowest BCUT2D eigenvalue weighted by Crippen LogP contribution is -2.56. The molecule has 0 bridgehead atoms. The number of amides is 4. The van der Waals surface area contributed by atoms with E-state index in [1.165, 1.54) is 29.2 Å². The van der Waals surface area contributed by atoms with Crippen molar-refractivity contribution in [2.45, 2.75) is 24.9 Å². The van der Waals surface area contributed by atoms with Gasteiger partial charge in [0.2, 0.25) is 0 Å². The lowest BCUT2D eigenvalue weighted by atomic mass is 9.87. The molecule has 0 atom stereocenters. The van der Waals surface area contributed by atoms with Gasteiger partial charge in [-0.15, -0.1) is 0 Å². The van der Waals surface area contributed by atoms with Gasteiger partial charge in [0.1, 0.15) is 17.1 Å². The van der Waals surface area contributed by atoms with Crippen molar-refractivity contribution in [1.29, 1.82) is 0 Å². The second kappa shape index (κ2) is 8.55. The van der Waals surface area contributed by atoms with Crippen LogP contribution in [0.15, 0.2) is 48.5 Å². The molecule has 2 aliphatic rings. The normalized spacial score (nSPS) is 17.7. The van der Waals surface area contributed by atoms with Crippen LogP contribution in [0, 0.1) is 5.82 Å². The van der Waals surface area contributed by atoms with E-state index in [9.17, 15) is 18.8 Å². The first-order chi connectivity index (χ1) is 14.9. The number of nitrogens with zero attached hydrogens (tertiary/aromatic N) is 2. The zero-order valence-corrected chi connectivity index (χ0v) is 17.4. The van der Waals surface area contributed by atoms with Crippen LogP contribution in [0.4, 0.5) is 9.18 Å². The Labute approximate surface area is 183 Å². The number of hydrogen-bond acceptors (Lipinski definition) is 4. The molecule has 0 aromatic heterocycles. The van der Waals surface area contributed by atoms with Crippen LogP contribution in [0.2, 0.25) is 5.02 Å². The van der Waals surface area contributed by atoms with E-state index in [2.05, 4.69) is 5.32 Å². The maximum Gasteiger partial charge on any atom is 0.325 e. The minimum atomic E-state index is -0.996. The summed E-state index contributed by atoms with van der Waals surface area (Å²) >= 11 is 5.99. The first-order valence-electron chi connectivity index (χ1n) is 9.91. The Balaban J connectivity index is 1.33. The smallest absolute Gasteiger partial charge is 0.325 e. The largest absolute Gasteiger partial charge is 0.484 e. The molecule has 2 aromatic rings. The third-order valence-electron chi connectivity index (χ3n) is 5.62. The van der Waals surface area contributed by atoms with Gasteiger partial charge in [-0.1, -0.05) is 23.7 Å². The first-order valence-corrected chi connectivity index (χ1v) is 10.3. The van der Waals surface area contributed by atoms with E-state index in [0.29, 0.717) is 36.7 Å². The number of benzene rings is 2. The van der Waals surface area contributed by atoms with Crippen molar-refractivity contribution in [3.8, 4) is 5.75 Å². The fourth-order valence-corrected chi connectivity index (χ4v) is 4.09. The third kappa shape index (κ3) is 4.49. The maximum atomic E-state index is 13.0. The monoisotopic (exact) mass is 445 g/mol. The van der Waals surface area contributed by atoms with Crippen molar-refractivity contribution < 1.29 is 23.5 Å². The number of hydrogen-bond donors (Lipinski definition) is 1. The van der Waals surface area contributed by atoms with E-state index in [-0.39, 0.29) is 30.8 Å². The summed E-state index contributed by atoms with van der Waals surface area (Å²) in [6, 6.07) is 12.0. The van der Waals surface area contributed by atoms with Crippen molar-refractivity contribution in [1.82, 2.24) is 15.1 Å². The number of carbonyl (C=O) groups excluding carboxylic acids is 3. The summed E-state index contributed by atoms with van der Waals surface area (Å²) in [5, 5.41) is 3.36. The lowest BCUT2D eigenvalue weighted by Gasteiger charge is -2.37. The van der Waals surface area contributed by atoms with Gasteiger partial charge in [0, 0.05) is 18.1 Å². The van der Waals surface area contributed by atoms with Crippen LogP contribution in [-0.4, -0.2) is 52.9 Å². The van der Waals surface area contributed by atoms with Crippen molar-refractivity contribution in [2.75, 3.05) is 19.7 Å². The van der Waals surface area contributed by atoms with Crippen molar-refractivity contribution in [2.24, 2.45) is 0 Å². The van der Waals surface area contributed by atoms with Gasteiger partial charge in [-0.3, -0.25) is 14.5 Å². The van der Waals surface area contributed by atoms with Crippen molar-refractivity contribution >= 4 is 29.4 Å². The standard InChI is InChI=1S/C22H21ClFN3O4/c23-16-3-1-2-15(12-16)13-27-20(29)22(25-21(27)30)8-10-26(11-9-22)19(28)14-31-18-6-4-17(24)5-7-18/h1-7,12H,8-11,13-14H2,(H,25,30). The molecule has 4 rings (SSSR count). The molecule has 0 radical (unpaired) electrons. The summed E-state index contributed by atoms with van der Waals surface area (Å²) in [5.74, 6) is -0.496. The molecule has 9 heteroatoms. The maximum absolute atomic E-state index is 13.0. The summed E-state index contributed by atoms with van der Waals surface area (Å²) in [6.07, 6.45) is 0.651. The predicted octanol–water partition coefficient (Wildman–Crippen LogP) is 2.97. The van der Waals surface area contributed by atoms with Crippen molar-refractivity contribution in [3.05, 3.63) is 64.9 Å². The molecule has 0 unspecified atom stereocenters. The molecule has 0 saturated carbocycles. The summed E-state index contributed by atoms with van der Waals surface area (Å²) in [6.45, 7) is 0.603. The van der Waals surface area contributed by atoms with Gasteiger partial charge >= 0.3 is 6.03 Å². The van der Waals surface area contributed by atoms with Gasteiger partial charge in [-0.2, -0.15) is 0 Å². The highest BCUT2D eigenvalue weighted by atomic mass is 35.5. The minimum absolute atomic E-state index is 0.140. The van der Waals surface area contributed by atoms with Crippen LogP contribution < -0.4 is 10.1 Å². The fourth-order valence-electron chi connectivity index (χ4n) is 3.88. The van der Waals surface area contributed by atoms with Crippen LogP contribution in [0.25, 0.3) is 0 Å². The lowest BCUT2D eigenvalue weighted by molar-refractivity contribution is -0.139. The topological polar surface area (TPSA) is 79.0 Å². The molecule has 2 aromatic carbocycles. The fraction of sp³-hybridized carbons (Fsp3) is 0.318. The van der Waals surface area contributed by atoms with Gasteiger partial charge in [0.05, 0.1) is 6.54 Å². The Bertz CT molecular complexity index is 1010. The Morgan fingerprint density at radius 2 is 1.84 bits per heavy atom. The third-order valence-corrected chi connectivity index (χ3v) is 5.86. The molecule has 4 amide bonds. The van der Waals surface area contributed by atoms with E-state index >= 15 is 0 Å². The van der Waals surface area contributed by atoms with Gasteiger partial charge < -0.3 is 15.0 Å². The van der Waals surface area contributed by atoms with Gasteiger partial charge in [0.15, 0.2) is 6.61 Å². The molecular formula is C22H21ClFN3O4. The molecule has 2 aliphatic heterocycles. The van der Waals surface area contributed by atoms with Gasteiger partial charge in [-0.05, 0) is 54.8 Å². The molecule has 2 heterocycles. The highest BCUT2D eigenvalue weighted by Crippen LogP contribution is 2.30. The zero-order valence-electron chi connectivity index (χ0n) is 16.6.